The lowest BCUT2D eigenvalue weighted by Gasteiger charge is -2.18. The summed E-state index contributed by atoms with van der Waals surface area (Å²) in [7, 11) is -3.77. The van der Waals surface area contributed by atoms with Gasteiger partial charge in [-0.15, -0.1) is 4.67 Å². The van der Waals surface area contributed by atoms with E-state index in [1.165, 1.54) is 96.2 Å². The van der Waals surface area contributed by atoms with Crippen molar-refractivity contribution in [1.29, 1.82) is 0 Å². The van der Waals surface area contributed by atoms with Crippen LogP contribution in [0.2, 0.25) is 0 Å². The number of aromatic amines is 1. The van der Waals surface area contributed by atoms with Crippen LogP contribution < -0.4 is 11.3 Å². The molecule has 0 saturated heterocycles. The van der Waals surface area contributed by atoms with Crippen molar-refractivity contribution in [3.8, 4) is 0 Å². The number of imidazole rings is 1. The van der Waals surface area contributed by atoms with E-state index in [-0.39, 0.29) is 37.6 Å². The number of benzene rings is 1. The average Bonchev–Trinajstić information content (AvgIpc) is 3.50. The Kier molecular flexibility index (Phi) is 20.3. The monoisotopic (exact) mass is 691 g/mol. The van der Waals surface area contributed by atoms with Crippen LogP contribution in [-0.2, 0) is 41.3 Å². The molecule has 48 heavy (non-hydrogen) atoms. The third kappa shape index (κ3) is 16.7. The fourth-order valence-corrected chi connectivity index (χ4v) is 6.46. The second kappa shape index (κ2) is 24.5. The summed E-state index contributed by atoms with van der Waals surface area (Å²) >= 11 is 0. The molecule has 0 saturated carbocycles. The molecule has 3 rings (SSSR count). The number of hydrogen-bond acceptors (Lipinski definition) is 10. The number of aromatic nitrogens is 4. The Morgan fingerprint density at radius 2 is 1.42 bits per heavy atom. The third-order valence-corrected chi connectivity index (χ3v) is 9.46. The van der Waals surface area contributed by atoms with Crippen molar-refractivity contribution in [3.05, 3.63) is 52.6 Å². The van der Waals surface area contributed by atoms with E-state index in [1.807, 2.05) is 30.3 Å². The molecule has 0 radical (unpaired) electrons. The molecular weight excluding hydrogens is 633 g/mol. The van der Waals surface area contributed by atoms with Gasteiger partial charge in [0.1, 0.15) is 6.61 Å². The summed E-state index contributed by atoms with van der Waals surface area (Å²) in [6.07, 6.45) is 22.5. The lowest BCUT2D eigenvalue weighted by Crippen LogP contribution is -2.13. The van der Waals surface area contributed by atoms with Crippen molar-refractivity contribution in [2.24, 2.45) is 0 Å². The maximum atomic E-state index is 13.4. The van der Waals surface area contributed by atoms with E-state index in [0.717, 1.165) is 18.4 Å². The molecule has 12 nitrogen and oxygen atoms in total. The van der Waals surface area contributed by atoms with E-state index in [4.69, 9.17) is 29.3 Å². The number of nitrogens with one attached hydrogen (secondary N) is 1. The molecule has 270 valence electrons. The molecule has 1 atom stereocenters. The second-order valence-electron chi connectivity index (χ2n) is 12.3. The van der Waals surface area contributed by atoms with Crippen LogP contribution in [0.25, 0.3) is 11.2 Å². The van der Waals surface area contributed by atoms with E-state index in [2.05, 4.69) is 21.9 Å². The first-order valence-corrected chi connectivity index (χ1v) is 19.7. The van der Waals surface area contributed by atoms with Crippen LogP contribution in [0.15, 0.2) is 41.5 Å². The van der Waals surface area contributed by atoms with Gasteiger partial charge in [-0.05, 0) is 12.0 Å². The first kappa shape index (κ1) is 39.8. The van der Waals surface area contributed by atoms with Gasteiger partial charge in [-0.3, -0.25) is 14.3 Å². The predicted molar refractivity (Wildman–Crippen MR) is 190 cm³/mol. The predicted octanol–water partition coefficient (Wildman–Crippen LogP) is 8.31. The van der Waals surface area contributed by atoms with Gasteiger partial charge in [-0.25, -0.2) is 9.87 Å². The van der Waals surface area contributed by atoms with Gasteiger partial charge in [0.2, 0.25) is 5.95 Å². The van der Waals surface area contributed by atoms with Crippen molar-refractivity contribution in [2.45, 2.75) is 123 Å². The summed E-state index contributed by atoms with van der Waals surface area (Å²) in [5.41, 5.74) is 6.59. The Balaban J connectivity index is 1.22. The summed E-state index contributed by atoms with van der Waals surface area (Å²) in [5.74, 6) is -0.00599. The summed E-state index contributed by atoms with van der Waals surface area (Å²) in [5, 5.41) is 0. The summed E-state index contributed by atoms with van der Waals surface area (Å²) in [4.78, 5) is 27.9. The van der Waals surface area contributed by atoms with Gasteiger partial charge in [-0.1, -0.05) is 134 Å². The Labute approximate surface area is 285 Å². The molecule has 1 unspecified atom stereocenters. The van der Waals surface area contributed by atoms with Crippen LogP contribution in [0.5, 0.6) is 0 Å². The molecule has 3 aromatic rings. The number of hydrogen-bond donors (Lipinski definition) is 2. The van der Waals surface area contributed by atoms with Crippen molar-refractivity contribution in [2.75, 3.05) is 38.5 Å². The van der Waals surface area contributed by atoms with E-state index in [0.29, 0.717) is 25.4 Å². The number of nitrogens with two attached hydrogens (primary N) is 1. The van der Waals surface area contributed by atoms with E-state index in [1.54, 1.807) is 4.57 Å². The lowest BCUT2D eigenvalue weighted by molar-refractivity contribution is -0.225. The van der Waals surface area contributed by atoms with Crippen molar-refractivity contribution < 1.29 is 28.1 Å². The number of anilines is 1. The fourth-order valence-electron chi connectivity index (χ4n) is 5.37. The van der Waals surface area contributed by atoms with Gasteiger partial charge in [0.25, 0.3) is 5.56 Å². The first-order valence-electron chi connectivity index (χ1n) is 18.0. The fraction of sp³-hybridized carbons (Fsp3) is 0.686. The molecule has 3 N–H and O–H groups in total. The maximum Gasteiger partial charge on any atom is 0.383 e. The van der Waals surface area contributed by atoms with Crippen LogP contribution >= 0.6 is 7.60 Å². The molecule has 0 aliphatic rings. The van der Waals surface area contributed by atoms with Crippen LogP contribution in [0.3, 0.4) is 0 Å². The topological polar surface area (TPSA) is 153 Å². The van der Waals surface area contributed by atoms with Gasteiger partial charge in [-0.2, -0.15) is 4.98 Å². The lowest BCUT2D eigenvalue weighted by atomic mass is 10.0. The van der Waals surface area contributed by atoms with Gasteiger partial charge in [0, 0.05) is 13.2 Å². The molecule has 0 fully saturated rings. The number of nitrogens with zero attached hydrogens (tertiary/aromatic N) is 3. The van der Waals surface area contributed by atoms with Gasteiger partial charge in [0.15, 0.2) is 17.5 Å². The Hall–Kier alpha value is -2.60. The summed E-state index contributed by atoms with van der Waals surface area (Å²) in [6, 6.07) is 9.36. The van der Waals surface area contributed by atoms with Crippen molar-refractivity contribution in [1.82, 2.24) is 19.5 Å². The zero-order chi connectivity index (χ0) is 34.1. The zero-order valence-corrected chi connectivity index (χ0v) is 29.8. The number of nitrogen functional groups attached to an aromatic ring is 1. The van der Waals surface area contributed by atoms with Gasteiger partial charge in [0.05, 0.1) is 26.1 Å². The molecule has 13 heteroatoms. The number of ether oxygens (including phenoxy) is 2. The highest BCUT2D eigenvalue weighted by Gasteiger charge is 2.27. The molecule has 0 aliphatic heterocycles. The third-order valence-electron chi connectivity index (χ3n) is 8.11. The minimum absolute atomic E-state index is 0.00599. The molecule has 2 aromatic heterocycles. The molecular formula is C35H58N5O7P. The molecule has 0 spiro atoms. The number of unbranched alkanes of at least 4 members (excludes halogenated alkanes) is 15. The molecule has 0 aliphatic carbocycles. The van der Waals surface area contributed by atoms with E-state index in [9.17, 15) is 9.36 Å². The first-order chi connectivity index (χ1) is 23.5. The van der Waals surface area contributed by atoms with E-state index < -0.39 is 13.2 Å². The summed E-state index contributed by atoms with van der Waals surface area (Å²) < 4.78 is 37.3. The highest BCUT2D eigenvalue weighted by molar-refractivity contribution is 7.53. The standard InChI is InChI=1S/C35H58N5O7P/c1-2-3-4-5-6-7-8-9-10-11-12-13-14-15-16-20-24-43-26-27-45-47-48(42,46-28-31-21-18-17-19-22-31)30-44-25-23-40-29-37-32-33(40)38-35(36)39-34(32)41/h17-19,21-22,29H,2-16,20,23-28,30H2,1H3,(H3,36,38,39,41). The van der Waals surface area contributed by atoms with Crippen molar-refractivity contribution >= 4 is 24.7 Å². The summed E-state index contributed by atoms with van der Waals surface area (Å²) in [6.45, 7) is 3.85. The molecule has 0 bridgehead atoms. The zero-order valence-electron chi connectivity index (χ0n) is 29.0. The minimum atomic E-state index is -3.77. The molecule has 0 amide bonds. The van der Waals surface area contributed by atoms with Crippen LogP contribution in [0, 0.1) is 0 Å². The minimum Gasteiger partial charge on any atom is -0.379 e. The second-order valence-corrected chi connectivity index (χ2v) is 14.2. The number of fused-ring (bicyclic) bond motifs is 1. The molecule has 2 heterocycles. The largest absolute Gasteiger partial charge is 0.383 e. The average molecular weight is 692 g/mol. The van der Waals surface area contributed by atoms with Crippen LogP contribution in [0.4, 0.5) is 5.95 Å². The number of H-pyrrole nitrogens is 1. The van der Waals surface area contributed by atoms with Crippen LogP contribution in [-0.4, -0.2) is 52.3 Å². The van der Waals surface area contributed by atoms with Gasteiger partial charge >= 0.3 is 7.60 Å². The maximum absolute atomic E-state index is 13.4. The Bertz CT molecular complexity index is 1350. The highest BCUT2D eigenvalue weighted by Crippen LogP contribution is 2.49. The van der Waals surface area contributed by atoms with Crippen LogP contribution in [0.1, 0.15) is 115 Å². The quantitative estimate of drug-likeness (QED) is 0.0302. The Morgan fingerprint density at radius 1 is 0.792 bits per heavy atom. The number of rotatable bonds is 30. The van der Waals surface area contributed by atoms with E-state index >= 15 is 0 Å². The van der Waals surface area contributed by atoms with Crippen molar-refractivity contribution in [3.63, 3.8) is 0 Å². The highest BCUT2D eigenvalue weighted by atomic mass is 31.2. The van der Waals surface area contributed by atoms with Gasteiger partial charge < -0.3 is 24.3 Å². The normalized spacial score (nSPS) is 12.9. The Morgan fingerprint density at radius 3 is 2.06 bits per heavy atom. The smallest absolute Gasteiger partial charge is 0.379 e. The SMILES string of the molecule is CCCCCCCCCCCCCCCCCCOCCOOP(=O)(COCCn1cnc2c(=O)[nH]c(N)nc21)OCc1ccccc1. The molecule has 1 aromatic carbocycles.